The number of hydrogen-bond donors (Lipinski definition) is 2. The Morgan fingerprint density at radius 1 is 1.38 bits per heavy atom. The van der Waals surface area contributed by atoms with Crippen molar-refractivity contribution >= 4 is 5.91 Å². The molecule has 0 aromatic heterocycles. The zero-order valence-electron chi connectivity index (χ0n) is 9.96. The predicted octanol–water partition coefficient (Wildman–Crippen LogP) is 0.0371. The molecule has 0 saturated heterocycles. The molecular weight excluding hydrogens is 208 g/mol. The number of nitrogens with one attached hydrogen (secondary N) is 1. The van der Waals surface area contributed by atoms with Gasteiger partial charge in [-0.15, -0.1) is 0 Å². The molecule has 0 atom stereocenters. The quantitative estimate of drug-likeness (QED) is 0.577. The zero-order valence-corrected chi connectivity index (χ0v) is 9.96. The van der Waals surface area contributed by atoms with Crippen LogP contribution in [0.15, 0.2) is 0 Å². The molecule has 16 heavy (non-hydrogen) atoms. The molecule has 0 unspecified atom stereocenters. The lowest BCUT2D eigenvalue weighted by atomic mass is 9.75. The standard InChI is InChI=1S/C11H22N2O3/c1-15-7-8-16-6-5-13-10(14)9-11(12)3-2-4-11/h2-9,12H2,1H3,(H,13,14). The maximum Gasteiger partial charge on any atom is 0.221 e. The van der Waals surface area contributed by atoms with Crippen LogP contribution in [0.1, 0.15) is 25.7 Å². The van der Waals surface area contributed by atoms with E-state index in [0.717, 1.165) is 19.3 Å². The molecule has 1 aliphatic carbocycles. The number of ether oxygens (including phenoxy) is 2. The molecule has 0 aromatic rings. The SMILES string of the molecule is COCCOCCNC(=O)CC1(N)CCC1. The molecular formula is C11H22N2O3. The van der Waals surface area contributed by atoms with Gasteiger partial charge in [0.15, 0.2) is 0 Å². The summed E-state index contributed by atoms with van der Waals surface area (Å²) in [5.74, 6) is 0.0255. The number of carbonyl (C=O) groups is 1. The van der Waals surface area contributed by atoms with Gasteiger partial charge in [-0.1, -0.05) is 0 Å². The minimum atomic E-state index is -0.235. The predicted molar refractivity (Wildman–Crippen MR) is 61.1 cm³/mol. The van der Waals surface area contributed by atoms with Gasteiger partial charge in [0.2, 0.25) is 5.91 Å². The van der Waals surface area contributed by atoms with Crippen molar-refractivity contribution in [2.45, 2.75) is 31.2 Å². The van der Waals surface area contributed by atoms with Crippen molar-refractivity contribution in [1.29, 1.82) is 0 Å². The minimum Gasteiger partial charge on any atom is -0.382 e. The topological polar surface area (TPSA) is 73.6 Å². The Hall–Kier alpha value is -0.650. The Labute approximate surface area is 96.7 Å². The second-order valence-corrected chi connectivity index (χ2v) is 4.35. The van der Waals surface area contributed by atoms with Crippen LogP contribution in [0.5, 0.6) is 0 Å². The number of hydrogen-bond acceptors (Lipinski definition) is 4. The molecule has 1 rings (SSSR count). The van der Waals surface area contributed by atoms with E-state index in [1.165, 1.54) is 0 Å². The fourth-order valence-electron chi connectivity index (χ4n) is 1.70. The third kappa shape index (κ3) is 4.92. The van der Waals surface area contributed by atoms with Crippen molar-refractivity contribution in [1.82, 2.24) is 5.32 Å². The highest BCUT2D eigenvalue weighted by Crippen LogP contribution is 2.31. The molecule has 94 valence electrons. The highest BCUT2D eigenvalue weighted by Gasteiger charge is 2.34. The minimum absolute atomic E-state index is 0.0255. The van der Waals surface area contributed by atoms with Crippen molar-refractivity contribution in [2.24, 2.45) is 5.73 Å². The third-order valence-corrected chi connectivity index (χ3v) is 2.86. The first kappa shape index (κ1) is 13.4. The first-order chi connectivity index (χ1) is 7.66. The van der Waals surface area contributed by atoms with E-state index in [1.807, 2.05) is 0 Å². The van der Waals surface area contributed by atoms with Gasteiger partial charge in [-0.25, -0.2) is 0 Å². The molecule has 1 amide bonds. The summed E-state index contributed by atoms with van der Waals surface area (Å²) < 4.78 is 10.1. The smallest absolute Gasteiger partial charge is 0.221 e. The normalized spacial score (nSPS) is 17.9. The molecule has 1 aliphatic rings. The van der Waals surface area contributed by atoms with Crippen LogP contribution in [0.2, 0.25) is 0 Å². The van der Waals surface area contributed by atoms with Crippen LogP contribution >= 0.6 is 0 Å². The number of carbonyl (C=O) groups excluding carboxylic acids is 1. The summed E-state index contributed by atoms with van der Waals surface area (Å²) in [6.07, 6.45) is 3.50. The van der Waals surface area contributed by atoms with Gasteiger partial charge in [0.1, 0.15) is 0 Å². The van der Waals surface area contributed by atoms with E-state index < -0.39 is 0 Å². The van der Waals surface area contributed by atoms with E-state index in [9.17, 15) is 4.79 Å². The molecule has 0 bridgehead atoms. The Bertz CT molecular complexity index is 217. The summed E-state index contributed by atoms with van der Waals surface area (Å²) in [4.78, 5) is 11.5. The van der Waals surface area contributed by atoms with Crippen molar-refractivity contribution < 1.29 is 14.3 Å². The first-order valence-corrected chi connectivity index (χ1v) is 5.78. The van der Waals surface area contributed by atoms with Crippen molar-refractivity contribution in [2.75, 3.05) is 33.5 Å². The monoisotopic (exact) mass is 230 g/mol. The molecule has 3 N–H and O–H groups in total. The first-order valence-electron chi connectivity index (χ1n) is 5.78. The van der Waals surface area contributed by atoms with Gasteiger partial charge in [0.25, 0.3) is 0 Å². The van der Waals surface area contributed by atoms with E-state index in [2.05, 4.69) is 5.32 Å². The lowest BCUT2D eigenvalue weighted by Crippen LogP contribution is -2.50. The lowest BCUT2D eigenvalue weighted by molar-refractivity contribution is -0.123. The van der Waals surface area contributed by atoms with Crippen LogP contribution in [0.4, 0.5) is 0 Å². The summed E-state index contributed by atoms with van der Waals surface area (Å²) in [5, 5.41) is 2.80. The fraction of sp³-hybridized carbons (Fsp3) is 0.909. The van der Waals surface area contributed by atoms with Crippen LogP contribution in [-0.4, -0.2) is 44.9 Å². The summed E-state index contributed by atoms with van der Waals surface area (Å²) in [5.41, 5.74) is 5.73. The summed E-state index contributed by atoms with van der Waals surface area (Å²) in [6, 6.07) is 0. The number of methoxy groups -OCH3 is 1. The maximum atomic E-state index is 11.5. The average Bonchev–Trinajstić information content (AvgIpc) is 2.21. The van der Waals surface area contributed by atoms with Crippen LogP contribution in [-0.2, 0) is 14.3 Å². The van der Waals surface area contributed by atoms with E-state index >= 15 is 0 Å². The van der Waals surface area contributed by atoms with Crippen LogP contribution in [0, 0.1) is 0 Å². The zero-order chi connectivity index (χ0) is 11.9. The average molecular weight is 230 g/mol. The number of nitrogens with two attached hydrogens (primary N) is 1. The Morgan fingerprint density at radius 3 is 2.69 bits per heavy atom. The highest BCUT2D eigenvalue weighted by molar-refractivity contribution is 5.77. The Kier molecular flexibility index (Phi) is 5.73. The molecule has 1 saturated carbocycles. The van der Waals surface area contributed by atoms with Gasteiger partial charge >= 0.3 is 0 Å². The highest BCUT2D eigenvalue weighted by atomic mass is 16.5. The van der Waals surface area contributed by atoms with E-state index in [0.29, 0.717) is 32.8 Å². The van der Waals surface area contributed by atoms with Crippen LogP contribution in [0.3, 0.4) is 0 Å². The van der Waals surface area contributed by atoms with Crippen LogP contribution < -0.4 is 11.1 Å². The van der Waals surface area contributed by atoms with E-state index in [-0.39, 0.29) is 11.4 Å². The molecule has 5 nitrogen and oxygen atoms in total. The van der Waals surface area contributed by atoms with Gasteiger partial charge in [-0.3, -0.25) is 4.79 Å². The van der Waals surface area contributed by atoms with Gasteiger partial charge in [-0.2, -0.15) is 0 Å². The summed E-state index contributed by atoms with van der Waals surface area (Å²) in [6.45, 7) is 2.21. The van der Waals surface area contributed by atoms with Gasteiger partial charge in [-0.05, 0) is 19.3 Å². The summed E-state index contributed by atoms with van der Waals surface area (Å²) in [7, 11) is 1.63. The maximum absolute atomic E-state index is 11.5. The van der Waals surface area contributed by atoms with Gasteiger partial charge in [0, 0.05) is 25.6 Å². The number of rotatable bonds is 8. The molecule has 1 fully saturated rings. The van der Waals surface area contributed by atoms with Crippen molar-refractivity contribution in [3.63, 3.8) is 0 Å². The van der Waals surface area contributed by atoms with Gasteiger partial charge in [0.05, 0.1) is 19.8 Å². The summed E-state index contributed by atoms with van der Waals surface area (Å²) >= 11 is 0. The third-order valence-electron chi connectivity index (χ3n) is 2.86. The second kappa shape index (κ2) is 6.83. The molecule has 0 heterocycles. The number of amides is 1. The molecule has 0 aliphatic heterocycles. The molecule has 0 radical (unpaired) electrons. The van der Waals surface area contributed by atoms with Crippen LogP contribution in [0.25, 0.3) is 0 Å². The Balaban J connectivity index is 1.94. The molecule has 5 heteroatoms. The van der Waals surface area contributed by atoms with Crippen molar-refractivity contribution in [3.05, 3.63) is 0 Å². The molecule has 0 spiro atoms. The lowest BCUT2D eigenvalue weighted by Gasteiger charge is -2.37. The largest absolute Gasteiger partial charge is 0.382 e. The van der Waals surface area contributed by atoms with Crippen molar-refractivity contribution in [3.8, 4) is 0 Å². The van der Waals surface area contributed by atoms with Gasteiger partial charge < -0.3 is 20.5 Å². The second-order valence-electron chi connectivity index (χ2n) is 4.35. The van der Waals surface area contributed by atoms with E-state index in [1.54, 1.807) is 7.11 Å². The molecule has 0 aromatic carbocycles. The fourth-order valence-corrected chi connectivity index (χ4v) is 1.70. The Morgan fingerprint density at radius 2 is 2.12 bits per heavy atom. The van der Waals surface area contributed by atoms with E-state index in [4.69, 9.17) is 15.2 Å².